The van der Waals surface area contributed by atoms with Crippen LogP contribution in [-0.2, 0) is 10.0 Å². The second-order valence-electron chi connectivity index (χ2n) is 6.44. The highest BCUT2D eigenvalue weighted by atomic mass is 32.2. The molecule has 0 spiro atoms. The molecule has 1 aromatic heterocycles. The summed E-state index contributed by atoms with van der Waals surface area (Å²) in [7, 11) is -0.601. The van der Waals surface area contributed by atoms with E-state index in [-0.39, 0.29) is 37.8 Å². The first-order chi connectivity index (χ1) is 13.2. The van der Waals surface area contributed by atoms with Crippen LogP contribution >= 0.6 is 0 Å². The Morgan fingerprint density at radius 1 is 1.04 bits per heavy atom. The number of hydrogen-bond donors (Lipinski definition) is 0. The highest BCUT2D eigenvalue weighted by Crippen LogP contribution is 2.22. The second-order valence-corrected chi connectivity index (χ2v) is 8.35. The van der Waals surface area contributed by atoms with E-state index in [1.807, 2.05) is 0 Å². The summed E-state index contributed by atoms with van der Waals surface area (Å²) in [6.07, 6.45) is 0. The van der Waals surface area contributed by atoms with Crippen LogP contribution in [0.25, 0.3) is 0 Å². The first-order valence-corrected chi connectivity index (χ1v) is 9.89. The van der Waals surface area contributed by atoms with Crippen LogP contribution in [0.5, 0.6) is 0 Å². The van der Waals surface area contributed by atoms with Gasteiger partial charge in [0.05, 0.1) is 0 Å². The smallest absolute Gasteiger partial charge is 0.274 e. The molecule has 8 nitrogen and oxygen atoms in total. The first kappa shape index (κ1) is 20.1. The Labute approximate surface area is 161 Å². The van der Waals surface area contributed by atoms with Gasteiger partial charge in [-0.05, 0) is 30.3 Å². The molecule has 0 aliphatic carbocycles. The zero-order valence-corrected chi connectivity index (χ0v) is 16.2. The Bertz CT molecular complexity index is 975. The minimum absolute atomic E-state index is 0.0345. The van der Waals surface area contributed by atoms with E-state index in [1.54, 1.807) is 31.1 Å². The highest BCUT2D eigenvalue weighted by Gasteiger charge is 2.32. The summed E-state index contributed by atoms with van der Waals surface area (Å²) in [4.78, 5) is 15.0. The lowest BCUT2D eigenvalue weighted by atomic mass is 10.3. The summed E-state index contributed by atoms with van der Waals surface area (Å²) in [6.45, 7) is 0.138. The molecule has 2 heterocycles. The number of amides is 1. The number of sulfonamides is 1. The van der Waals surface area contributed by atoms with Gasteiger partial charge < -0.3 is 9.80 Å². The molecule has 1 aliphatic rings. The first-order valence-electron chi connectivity index (χ1n) is 8.45. The zero-order chi connectivity index (χ0) is 20.5. The lowest BCUT2D eigenvalue weighted by Gasteiger charge is -2.33. The van der Waals surface area contributed by atoms with Crippen LogP contribution in [0.2, 0.25) is 0 Å². The van der Waals surface area contributed by atoms with Crippen molar-refractivity contribution in [3.63, 3.8) is 0 Å². The van der Waals surface area contributed by atoms with Gasteiger partial charge in [-0.25, -0.2) is 17.2 Å². The Morgan fingerprint density at radius 3 is 2.29 bits per heavy atom. The Hall–Kier alpha value is -2.66. The van der Waals surface area contributed by atoms with Crippen LogP contribution in [0.4, 0.5) is 14.6 Å². The van der Waals surface area contributed by atoms with Crippen molar-refractivity contribution in [2.45, 2.75) is 4.90 Å². The summed E-state index contributed by atoms with van der Waals surface area (Å²) in [5.74, 6) is -1.62. The van der Waals surface area contributed by atoms with Crippen molar-refractivity contribution in [2.24, 2.45) is 0 Å². The largest absolute Gasteiger partial charge is 0.361 e. The fraction of sp³-hybridized carbons (Fsp3) is 0.353. The van der Waals surface area contributed by atoms with Crippen molar-refractivity contribution in [1.82, 2.24) is 19.4 Å². The number of aromatic nitrogens is 2. The lowest BCUT2D eigenvalue weighted by molar-refractivity contribution is 0.0690. The van der Waals surface area contributed by atoms with Gasteiger partial charge in [0.25, 0.3) is 5.91 Å². The van der Waals surface area contributed by atoms with Gasteiger partial charge in [-0.1, -0.05) is 0 Å². The summed E-state index contributed by atoms with van der Waals surface area (Å²) >= 11 is 0. The third kappa shape index (κ3) is 3.94. The molecule has 0 saturated carbocycles. The maximum atomic E-state index is 13.9. The molecule has 1 aromatic carbocycles. The van der Waals surface area contributed by atoms with Gasteiger partial charge in [-0.15, -0.1) is 10.2 Å². The van der Waals surface area contributed by atoms with E-state index in [0.717, 1.165) is 16.4 Å². The number of benzene rings is 1. The van der Waals surface area contributed by atoms with E-state index < -0.39 is 26.6 Å². The molecule has 1 saturated heterocycles. The maximum Gasteiger partial charge on any atom is 0.274 e. The Kier molecular flexibility index (Phi) is 5.57. The molecule has 1 fully saturated rings. The summed E-state index contributed by atoms with van der Waals surface area (Å²) in [5, 5.41) is 7.86. The number of anilines is 1. The third-order valence-corrected chi connectivity index (χ3v) is 6.28. The van der Waals surface area contributed by atoms with Crippen LogP contribution in [-0.4, -0.2) is 74.0 Å². The molecule has 0 radical (unpaired) electrons. The molecular weight excluding hydrogens is 392 g/mol. The van der Waals surface area contributed by atoms with Gasteiger partial charge >= 0.3 is 0 Å². The van der Waals surface area contributed by atoms with Gasteiger partial charge in [-0.3, -0.25) is 4.79 Å². The quantitative estimate of drug-likeness (QED) is 0.745. The average Bonchev–Trinajstić information content (AvgIpc) is 2.69. The monoisotopic (exact) mass is 411 g/mol. The van der Waals surface area contributed by atoms with E-state index in [0.29, 0.717) is 11.9 Å². The predicted molar refractivity (Wildman–Crippen MR) is 97.4 cm³/mol. The average molecular weight is 411 g/mol. The minimum atomic E-state index is -4.20. The van der Waals surface area contributed by atoms with Gasteiger partial charge in [0.15, 0.2) is 11.5 Å². The standard InChI is InChI=1S/C17H19F2N5O3S/c1-22(2)16-6-5-14(20-21-16)17(25)23-7-9-24(10-8-23)28(26,27)15-11-12(18)3-4-13(15)19/h3-6,11H,7-10H2,1-2H3. The fourth-order valence-electron chi connectivity index (χ4n) is 2.79. The van der Waals surface area contributed by atoms with Gasteiger partial charge in [0, 0.05) is 40.3 Å². The number of carbonyl (C=O) groups is 1. The van der Waals surface area contributed by atoms with Crippen LogP contribution in [0.15, 0.2) is 35.2 Å². The van der Waals surface area contributed by atoms with E-state index >= 15 is 0 Å². The summed E-state index contributed by atoms with van der Waals surface area (Å²) in [6, 6.07) is 5.50. The van der Waals surface area contributed by atoms with Crippen molar-refractivity contribution in [3.8, 4) is 0 Å². The topological polar surface area (TPSA) is 86.7 Å². The maximum absolute atomic E-state index is 13.9. The Balaban J connectivity index is 1.70. The molecule has 2 aromatic rings. The highest BCUT2D eigenvalue weighted by molar-refractivity contribution is 7.89. The molecule has 3 rings (SSSR count). The van der Waals surface area contributed by atoms with Crippen LogP contribution in [0.3, 0.4) is 0 Å². The molecular formula is C17H19F2N5O3S. The molecule has 0 bridgehead atoms. The number of halogens is 2. The predicted octanol–water partition coefficient (Wildman–Crippen LogP) is 0.968. The van der Waals surface area contributed by atoms with Crippen molar-refractivity contribution < 1.29 is 22.0 Å². The number of rotatable bonds is 4. The third-order valence-electron chi connectivity index (χ3n) is 4.36. The molecule has 0 atom stereocenters. The van der Waals surface area contributed by atoms with Gasteiger partial charge in [0.2, 0.25) is 10.0 Å². The summed E-state index contributed by atoms with van der Waals surface area (Å²) < 4.78 is 53.5. The molecule has 11 heteroatoms. The van der Waals surface area contributed by atoms with Crippen LogP contribution in [0, 0.1) is 11.6 Å². The normalized spacial score (nSPS) is 15.5. The van der Waals surface area contributed by atoms with E-state index in [4.69, 9.17) is 0 Å². The molecule has 1 aliphatic heterocycles. The minimum Gasteiger partial charge on any atom is -0.361 e. The van der Waals surface area contributed by atoms with Crippen molar-refractivity contribution in [1.29, 1.82) is 0 Å². The summed E-state index contributed by atoms with van der Waals surface area (Å²) in [5.41, 5.74) is 0.151. The number of hydrogen-bond acceptors (Lipinski definition) is 6. The SMILES string of the molecule is CN(C)c1ccc(C(=O)N2CCN(S(=O)(=O)c3cc(F)ccc3F)CC2)nn1. The molecule has 1 amide bonds. The lowest BCUT2D eigenvalue weighted by Crippen LogP contribution is -2.50. The molecule has 150 valence electrons. The van der Waals surface area contributed by atoms with Crippen molar-refractivity contribution in [3.05, 3.63) is 47.7 Å². The molecule has 28 heavy (non-hydrogen) atoms. The van der Waals surface area contributed by atoms with Gasteiger partial charge in [0.1, 0.15) is 16.5 Å². The molecule has 0 N–H and O–H groups in total. The zero-order valence-electron chi connectivity index (χ0n) is 15.3. The number of nitrogens with zero attached hydrogens (tertiary/aromatic N) is 5. The van der Waals surface area contributed by atoms with E-state index in [9.17, 15) is 22.0 Å². The van der Waals surface area contributed by atoms with E-state index in [2.05, 4.69) is 10.2 Å². The Morgan fingerprint density at radius 2 is 1.71 bits per heavy atom. The van der Waals surface area contributed by atoms with Crippen molar-refractivity contribution >= 4 is 21.7 Å². The van der Waals surface area contributed by atoms with E-state index in [1.165, 1.54) is 4.90 Å². The second kappa shape index (κ2) is 7.76. The number of carbonyl (C=O) groups excluding carboxylic acids is 1. The van der Waals surface area contributed by atoms with Crippen LogP contribution < -0.4 is 4.90 Å². The molecule has 0 unspecified atom stereocenters. The van der Waals surface area contributed by atoms with Crippen molar-refractivity contribution in [2.75, 3.05) is 45.2 Å². The van der Waals surface area contributed by atoms with Crippen LogP contribution in [0.1, 0.15) is 10.5 Å². The fourth-order valence-corrected chi connectivity index (χ4v) is 4.28. The number of piperazine rings is 1. The van der Waals surface area contributed by atoms with Gasteiger partial charge in [-0.2, -0.15) is 4.31 Å².